The van der Waals surface area contributed by atoms with Crippen molar-refractivity contribution in [2.75, 3.05) is 5.32 Å². The van der Waals surface area contributed by atoms with E-state index in [-0.39, 0.29) is 17.4 Å². The lowest BCUT2D eigenvalue weighted by atomic mass is 10.1. The fourth-order valence-electron chi connectivity index (χ4n) is 1.97. The lowest BCUT2D eigenvalue weighted by Gasteiger charge is -2.14. The summed E-state index contributed by atoms with van der Waals surface area (Å²) in [5, 5.41) is 12.9. The number of nitrogens with zero attached hydrogens (tertiary/aromatic N) is 1. The van der Waals surface area contributed by atoms with E-state index in [0.717, 1.165) is 17.1 Å². The Morgan fingerprint density at radius 1 is 1.45 bits per heavy atom. The maximum Gasteiger partial charge on any atom is 0.340 e. The van der Waals surface area contributed by atoms with Crippen LogP contribution in [0.5, 0.6) is 0 Å². The molecule has 1 atom stereocenters. The Balaban J connectivity index is 2.06. The Kier molecular flexibility index (Phi) is 4.34. The van der Waals surface area contributed by atoms with Crippen molar-refractivity contribution >= 4 is 22.5 Å². The molecule has 6 heteroatoms. The monoisotopic (exact) mass is 294 g/mol. The Morgan fingerprint density at radius 2 is 2.10 bits per heavy atom. The Hall–Kier alpha value is -1.95. The zero-order chi connectivity index (χ0) is 14.7. The van der Waals surface area contributed by atoms with Crippen LogP contribution in [0.1, 0.15) is 28.5 Å². The van der Waals surface area contributed by atoms with Gasteiger partial charge in [-0.3, -0.25) is 0 Å². The number of carboxylic acids is 1. The molecule has 0 saturated carbocycles. The molecule has 0 bridgehead atoms. The van der Waals surface area contributed by atoms with Crippen molar-refractivity contribution in [1.82, 2.24) is 4.37 Å². The van der Waals surface area contributed by atoms with Crippen molar-refractivity contribution in [3.8, 4) is 0 Å². The van der Waals surface area contributed by atoms with E-state index in [2.05, 4.69) is 9.69 Å². The Labute approximate surface area is 120 Å². The first kappa shape index (κ1) is 14.5. The van der Waals surface area contributed by atoms with Gasteiger partial charge < -0.3 is 10.4 Å². The molecule has 4 nitrogen and oxygen atoms in total. The van der Waals surface area contributed by atoms with Crippen molar-refractivity contribution in [2.45, 2.75) is 26.3 Å². The number of aromatic carboxylic acids is 1. The minimum absolute atomic E-state index is 0.0263. The Bertz CT molecular complexity index is 610. The smallest absolute Gasteiger partial charge is 0.340 e. The maximum absolute atomic E-state index is 12.8. The quantitative estimate of drug-likeness (QED) is 0.888. The molecule has 0 spiro atoms. The van der Waals surface area contributed by atoms with Crippen LogP contribution in [0.15, 0.2) is 24.3 Å². The second-order valence-corrected chi connectivity index (χ2v) is 5.43. The van der Waals surface area contributed by atoms with Crippen LogP contribution in [0, 0.1) is 12.7 Å². The lowest BCUT2D eigenvalue weighted by Crippen LogP contribution is -2.19. The largest absolute Gasteiger partial charge is 0.478 e. The zero-order valence-electron chi connectivity index (χ0n) is 11.2. The molecule has 0 radical (unpaired) electrons. The average Bonchev–Trinajstić information content (AvgIpc) is 2.73. The molecule has 0 saturated heterocycles. The standard InChI is InChI=1S/C14H15FN2O2S/c1-8(7-10-3-5-11(15)6-4-10)16-13-12(14(18)19)9(2)17-20-13/h3-6,8,16H,7H2,1-2H3,(H,18,19). The molecule has 1 unspecified atom stereocenters. The van der Waals surface area contributed by atoms with Crippen molar-refractivity contribution in [1.29, 1.82) is 0 Å². The number of rotatable bonds is 5. The van der Waals surface area contributed by atoms with E-state index in [1.807, 2.05) is 6.92 Å². The van der Waals surface area contributed by atoms with Crippen LogP contribution in [0.3, 0.4) is 0 Å². The highest BCUT2D eigenvalue weighted by molar-refractivity contribution is 7.10. The fourth-order valence-corrected chi connectivity index (χ4v) is 2.87. The summed E-state index contributed by atoms with van der Waals surface area (Å²) in [5.41, 5.74) is 1.73. The molecule has 20 heavy (non-hydrogen) atoms. The predicted molar refractivity (Wildman–Crippen MR) is 77.0 cm³/mol. The van der Waals surface area contributed by atoms with Gasteiger partial charge in [-0.15, -0.1) is 0 Å². The molecule has 0 aliphatic rings. The van der Waals surface area contributed by atoms with Crippen molar-refractivity contribution in [2.24, 2.45) is 0 Å². The van der Waals surface area contributed by atoms with Gasteiger partial charge in [-0.2, -0.15) is 4.37 Å². The number of aryl methyl sites for hydroxylation is 1. The van der Waals surface area contributed by atoms with Gasteiger partial charge in [0.1, 0.15) is 16.4 Å². The summed E-state index contributed by atoms with van der Waals surface area (Å²) >= 11 is 1.14. The first-order chi connectivity index (χ1) is 9.47. The van der Waals surface area contributed by atoms with Crippen LogP contribution in [0.2, 0.25) is 0 Å². The van der Waals surface area contributed by atoms with Crippen LogP contribution in [-0.4, -0.2) is 21.5 Å². The average molecular weight is 294 g/mol. The topological polar surface area (TPSA) is 62.2 Å². The van der Waals surface area contributed by atoms with Crippen LogP contribution >= 0.6 is 11.5 Å². The summed E-state index contributed by atoms with van der Waals surface area (Å²) in [7, 11) is 0. The third-order valence-corrected chi connectivity index (χ3v) is 3.78. The van der Waals surface area contributed by atoms with Crippen molar-refractivity contribution in [3.05, 3.63) is 46.9 Å². The summed E-state index contributed by atoms with van der Waals surface area (Å²) in [6, 6.07) is 6.31. The number of carboxylic acid groups (broad SMARTS) is 1. The molecular formula is C14H15FN2O2S. The highest BCUT2D eigenvalue weighted by Gasteiger charge is 2.18. The molecule has 1 heterocycles. The second-order valence-electron chi connectivity index (χ2n) is 4.65. The molecule has 0 aliphatic carbocycles. The van der Waals surface area contributed by atoms with E-state index in [1.165, 1.54) is 12.1 Å². The number of nitrogens with one attached hydrogen (secondary N) is 1. The minimum Gasteiger partial charge on any atom is -0.478 e. The van der Waals surface area contributed by atoms with Gasteiger partial charge in [-0.05, 0) is 49.5 Å². The molecule has 0 fully saturated rings. The molecule has 2 N–H and O–H groups in total. The van der Waals surface area contributed by atoms with E-state index >= 15 is 0 Å². The third kappa shape index (κ3) is 3.33. The van der Waals surface area contributed by atoms with Crippen LogP contribution < -0.4 is 5.32 Å². The van der Waals surface area contributed by atoms with E-state index in [4.69, 9.17) is 5.11 Å². The van der Waals surface area contributed by atoms with E-state index in [0.29, 0.717) is 17.1 Å². The normalized spacial score (nSPS) is 12.2. The number of aromatic nitrogens is 1. The Morgan fingerprint density at radius 3 is 2.70 bits per heavy atom. The number of carbonyl (C=O) groups is 1. The molecule has 106 valence electrons. The summed E-state index contributed by atoms with van der Waals surface area (Å²) < 4.78 is 16.9. The van der Waals surface area contributed by atoms with Gasteiger partial charge in [0.15, 0.2) is 0 Å². The SMILES string of the molecule is Cc1nsc(NC(C)Cc2ccc(F)cc2)c1C(=O)O. The van der Waals surface area contributed by atoms with E-state index < -0.39 is 5.97 Å². The van der Waals surface area contributed by atoms with Crippen molar-refractivity contribution in [3.63, 3.8) is 0 Å². The predicted octanol–water partition coefficient (Wildman–Crippen LogP) is 3.33. The maximum atomic E-state index is 12.8. The lowest BCUT2D eigenvalue weighted by molar-refractivity contribution is 0.0697. The van der Waals surface area contributed by atoms with Gasteiger partial charge >= 0.3 is 5.97 Å². The number of benzene rings is 1. The number of hydrogen-bond donors (Lipinski definition) is 2. The van der Waals surface area contributed by atoms with E-state index in [1.54, 1.807) is 19.1 Å². The number of anilines is 1. The van der Waals surface area contributed by atoms with Crippen LogP contribution in [-0.2, 0) is 6.42 Å². The fraction of sp³-hybridized carbons (Fsp3) is 0.286. The molecule has 1 aromatic heterocycles. The summed E-state index contributed by atoms with van der Waals surface area (Å²) in [6.45, 7) is 3.62. The van der Waals surface area contributed by atoms with Gasteiger partial charge in [0.05, 0.1) is 5.69 Å². The molecule has 2 aromatic rings. The molecule has 0 aliphatic heterocycles. The molecule has 2 rings (SSSR count). The van der Waals surface area contributed by atoms with Gasteiger partial charge in [0.2, 0.25) is 0 Å². The molecule has 0 amide bonds. The highest BCUT2D eigenvalue weighted by Crippen LogP contribution is 2.25. The van der Waals surface area contributed by atoms with E-state index in [9.17, 15) is 9.18 Å². The third-order valence-electron chi connectivity index (χ3n) is 2.91. The summed E-state index contributed by atoms with van der Waals surface area (Å²) in [6.07, 6.45) is 0.677. The van der Waals surface area contributed by atoms with Crippen LogP contribution in [0.4, 0.5) is 9.39 Å². The zero-order valence-corrected chi connectivity index (χ0v) is 12.0. The second kappa shape index (κ2) is 6.00. The highest BCUT2D eigenvalue weighted by atomic mass is 32.1. The number of halogens is 1. The van der Waals surface area contributed by atoms with Gasteiger partial charge in [-0.25, -0.2) is 9.18 Å². The van der Waals surface area contributed by atoms with Crippen molar-refractivity contribution < 1.29 is 14.3 Å². The van der Waals surface area contributed by atoms with Crippen LogP contribution in [0.25, 0.3) is 0 Å². The summed E-state index contributed by atoms with van der Waals surface area (Å²) in [4.78, 5) is 11.2. The first-order valence-electron chi connectivity index (χ1n) is 6.18. The first-order valence-corrected chi connectivity index (χ1v) is 6.95. The number of hydrogen-bond acceptors (Lipinski definition) is 4. The molecular weight excluding hydrogens is 279 g/mol. The van der Waals surface area contributed by atoms with Gasteiger partial charge in [-0.1, -0.05) is 12.1 Å². The minimum atomic E-state index is -0.979. The van der Waals surface area contributed by atoms with Gasteiger partial charge in [0, 0.05) is 6.04 Å². The molecule has 1 aromatic carbocycles. The van der Waals surface area contributed by atoms with Gasteiger partial charge in [0.25, 0.3) is 0 Å². The summed E-state index contributed by atoms with van der Waals surface area (Å²) in [5.74, 6) is -1.24.